The van der Waals surface area contributed by atoms with Crippen LogP contribution in [0.15, 0.2) is 78.9 Å². The van der Waals surface area contributed by atoms with E-state index in [-0.39, 0.29) is 53.4 Å². The van der Waals surface area contributed by atoms with Crippen molar-refractivity contribution in [3.05, 3.63) is 107 Å². The molecule has 1 aliphatic heterocycles. The average molecular weight is 814 g/mol. The predicted molar refractivity (Wildman–Crippen MR) is 226 cm³/mol. The Bertz CT molecular complexity index is 2490. The molecule has 1 aliphatic rings. The van der Waals surface area contributed by atoms with Crippen molar-refractivity contribution in [3.63, 3.8) is 0 Å². The van der Waals surface area contributed by atoms with Gasteiger partial charge in [0, 0.05) is 35.6 Å². The van der Waals surface area contributed by atoms with Crippen LogP contribution >= 0.6 is 0 Å². The minimum Gasteiger partial charge on any atom is -0.508 e. The molecule has 60 heavy (non-hydrogen) atoms. The normalized spacial score (nSPS) is 13.1. The molecule has 0 radical (unpaired) electrons. The zero-order valence-corrected chi connectivity index (χ0v) is 34.5. The number of phenols is 3. The molecule has 0 bridgehead atoms. The number of amides is 2. The highest BCUT2D eigenvalue weighted by molar-refractivity contribution is 5.93. The molecule has 2 amide bonds. The van der Waals surface area contributed by atoms with Crippen LogP contribution in [0.3, 0.4) is 0 Å². The second-order valence-electron chi connectivity index (χ2n) is 15.7. The number of aromatic nitrogens is 6. The van der Waals surface area contributed by atoms with Gasteiger partial charge < -0.3 is 30.7 Å². The number of rotatable bonds is 15. The summed E-state index contributed by atoms with van der Waals surface area (Å²) in [4.78, 5) is 31.0. The van der Waals surface area contributed by atoms with Crippen molar-refractivity contribution < 1.29 is 29.6 Å². The third-order valence-corrected chi connectivity index (χ3v) is 10.8. The Morgan fingerprint density at radius 1 is 0.767 bits per heavy atom. The Hall–Kier alpha value is -6.74. The van der Waals surface area contributed by atoms with Gasteiger partial charge in [-0.05, 0) is 129 Å². The fourth-order valence-corrected chi connectivity index (χ4v) is 7.50. The standard InChI is InChI=1S/C45H51N9O6/c1-6-9-30-22-31(12-19-37(30)55)41-47-49-43(40(46)58)53(41)33-15-17-34(18-16-33)60-26-52(28(4)5)45(59)44-50-48-42(36-23-35(27(2)3)38(56)24-39(36)57)54(44)32-13-10-29(11-14-32)25-51-20-7-8-21-51/h10-19,22-24,27-28,55-57H,6-9,20-21,25-26H2,1-5H3,(H2,46,58). The summed E-state index contributed by atoms with van der Waals surface area (Å²) >= 11 is 0. The molecule has 15 nitrogen and oxygen atoms in total. The first-order valence-corrected chi connectivity index (χ1v) is 20.3. The number of likely N-dealkylation sites (tertiary alicyclic amines) is 1. The largest absolute Gasteiger partial charge is 0.508 e. The molecule has 6 aromatic rings. The monoisotopic (exact) mass is 813 g/mol. The molecule has 7 rings (SSSR count). The van der Waals surface area contributed by atoms with Crippen LogP contribution in [0.4, 0.5) is 0 Å². The third-order valence-electron chi connectivity index (χ3n) is 10.8. The Balaban J connectivity index is 1.18. The number of hydrogen-bond donors (Lipinski definition) is 4. The number of nitrogens with zero attached hydrogens (tertiary/aromatic N) is 8. The lowest BCUT2D eigenvalue weighted by molar-refractivity contribution is 0.0499. The average Bonchev–Trinajstić information content (AvgIpc) is 4.00. The summed E-state index contributed by atoms with van der Waals surface area (Å²) < 4.78 is 9.39. The number of benzene rings is 4. The van der Waals surface area contributed by atoms with Crippen LogP contribution in [-0.4, -0.2) is 92.3 Å². The first kappa shape index (κ1) is 41.4. The van der Waals surface area contributed by atoms with Gasteiger partial charge in [0.05, 0.1) is 5.56 Å². The Morgan fingerprint density at radius 2 is 1.40 bits per heavy atom. The zero-order valence-electron chi connectivity index (χ0n) is 34.5. The van der Waals surface area contributed by atoms with Crippen LogP contribution in [0, 0.1) is 0 Å². The summed E-state index contributed by atoms with van der Waals surface area (Å²) in [7, 11) is 0. The number of ether oxygens (including phenoxy) is 1. The van der Waals surface area contributed by atoms with Crippen molar-refractivity contribution in [2.75, 3.05) is 19.8 Å². The highest BCUT2D eigenvalue weighted by atomic mass is 16.5. The first-order valence-electron chi connectivity index (χ1n) is 20.3. The molecule has 0 aliphatic carbocycles. The van der Waals surface area contributed by atoms with E-state index in [1.165, 1.54) is 23.8 Å². The molecule has 0 saturated carbocycles. The fraction of sp³-hybridized carbons (Fsp3) is 0.333. The number of primary amides is 1. The van der Waals surface area contributed by atoms with Crippen molar-refractivity contribution >= 4 is 11.8 Å². The summed E-state index contributed by atoms with van der Waals surface area (Å²) in [6, 6.07) is 22.5. The topological polar surface area (TPSA) is 198 Å². The van der Waals surface area contributed by atoms with Gasteiger partial charge in [-0.1, -0.05) is 39.3 Å². The fourth-order valence-electron chi connectivity index (χ4n) is 7.50. The molecule has 15 heteroatoms. The number of aryl methyl sites for hydroxylation is 1. The molecule has 3 heterocycles. The number of nitrogens with two attached hydrogens (primary N) is 1. The van der Waals surface area contributed by atoms with Crippen LogP contribution in [-0.2, 0) is 13.0 Å². The molecular weight excluding hydrogens is 763 g/mol. The second-order valence-corrected chi connectivity index (χ2v) is 15.7. The van der Waals surface area contributed by atoms with Gasteiger partial charge in [0.25, 0.3) is 11.8 Å². The van der Waals surface area contributed by atoms with Crippen molar-refractivity contribution in [2.45, 2.75) is 78.8 Å². The molecule has 1 saturated heterocycles. The molecule has 0 atom stereocenters. The van der Waals surface area contributed by atoms with Crippen molar-refractivity contribution in [3.8, 4) is 57.1 Å². The maximum atomic E-state index is 14.6. The number of carbonyl (C=O) groups is 2. The molecule has 2 aromatic heterocycles. The Morgan fingerprint density at radius 3 is 2.03 bits per heavy atom. The van der Waals surface area contributed by atoms with E-state index in [4.69, 9.17) is 10.5 Å². The van der Waals surface area contributed by atoms with Gasteiger partial charge in [-0.3, -0.25) is 23.6 Å². The van der Waals surface area contributed by atoms with E-state index in [1.54, 1.807) is 51.6 Å². The number of aromatic hydroxyl groups is 3. The van der Waals surface area contributed by atoms with E-state index < -0.39 is 11.8 Å². The van der Waals surface area contributed by atoms with Crippen molar-refractivity contribution in [1.29, 1.82) is 0 Å². The van der Waals surface area contributed by atoms with E-state index >= 15 is 0 Å². The maximum Gasteiger partial charge on any atom is 0.295 e. The summed E-state index contributed by atoms with van der Waals surface area (Å²) in [5, 5.41) is 49.3. The van der Waals surface area contributed by atoms with Gasteiger partial charge in [0.15, 0.2) is 18.4 Å². The van der Waals surface area contributed by atoms with Crippen LogP contribution in [0.2, 0.25) is 0 Å². The lowest BCUT2D eigenvalue weighted by Crippen LogP contribution is -2.41. The van der Waals surface area contributed by atoms with Crippen LogP contribution in [0.1, 0.15) is 97.7 Å². The highest BCUT2D eigenvalue weighted by Crippen LogP contribution is 2.38. The molecule has 312 valence electrons. The van der Waals surface area contributed by atoms with Crippen molar-refractivity contribution in [2.24, 2.45) is 5.73 Å². The van der Waals surface area contributed by atoms with Crippen LogP contribution < -0.4 is 10.5 Å². The Labute approximate surface area is 348 Å². The summed E-state index contributed by atoms with van der Waals surface area (Å²) in [6.07, 6.45) is 3.86. The van der Waals surface area contributed by atoms with E-state index in [9.17, 15) is 24.9 Å². The second kappa shape index (κ2) is 17.6. The van der Waals surface area contributed by atoms with Gasteiger partial charge in [-0.25, -0.2) is 0 Å². The number of hydrogen-bond acceptors (Lipinski definition) is 11. The maximum absolute atomic E-state index is 14.6. The molecular formula is C45H51N9O6. The van der Waals surface area contributed by atoms with Gasteiger partial charge in [0.1, 0.15) is 23.0 Å². The lowest BCUT2D eigenvalue weighted by atomic mass is 9.98. The van der Waals surface area contributed by atoms with Crippen molar-refractivity contribution in [1.82, 2.24) is 39.3 Å². The van der Waals surface area contributed by atoms with Gasteiger partial charge in [-0.2, -0.15) is 0 Å². The van der Waals surface area contributed by atoms with E-state index in [0.29, 0.717) is 46.1 Å². The predicted octanol–water partition coefficient (Wildman–Crippen LogP) is 6.96. The lowest BCUT2D eigenvalue weighted by Gasteiger charge is -2.26. The van der Waals surface area contributed by atoms with Crippen LogP contribution in [0.25, 0.3) is 34.2 Å². The minimum absolute atomic E-state index is 0.0129. The van der Waals surface area contributed by atoms with Gasteiger partial charge in [0.2, 0.25) is 11.6 Å². The smallest absolute Gasteiger partial charge is 0.295 e. The molecule has 0 spiro atoms. The number of phenolic OH excluding ortho intramolecular Hbond substituents is 3. The summed E-state index contributed by atoms with van der Waals surface area (Å²) in [5.74, 6) is -0.340. The van der Waals surface area contributed by atoms with E-state index in [2.05, 4.69) is 25.3 Å². The molecule has 5 N–H and O–H groups in total. The van der Waals surface area contributed by atoms with Gasteiger partial charge >= 0.3 is 0 Å². The van der Waals surface area contributed by atoms with Gasteiger partial charge in [-0.15, -0.1) is 20.4 Å². The van der Waals surface area contributed by atoms with E-state index in [1.807, 2.05) is 65.0 Å². The summed E-state index contributed by atoms with van der Waals surface area (Å²) in [5.41, 5.74) is 10.3. The Kier molecular flexibility index (Phi) is 12.2. The SMILES string of the molecule is CCCc1cc(-c2nnc(C(N)=O)n2-c2ccc(OCN(C(=O)c3nnc(-c4cc(C(C)C)c(O)cc4O)n3-c3ccc(CN4CCCC4)cc3)C(C)C)cc2)ccc1O. The zero-order chi connectivity index (χ0) is 42.7. The molecule has 4 aromatic carbocycles. The molecule has 0 unspecified atom stereocenters. The minimum atomic E-state index is -0.761. The quantitative estimate of drug-likeness (QED) is 0.0783. The highest BCUT2D eigenvalue weighted by Gasteiger charge is 2.30. The van der Waals surface area contributed by atoms with Crippen LogP contribution in [0.5, 0.6) is 23.0 Å². The van der Waals surface area contributed by atoms with E-state index in [0.717, 1.165) is 37.2 Å². The third kappa shape index (κ3) is 8.52. The first-order chi connectivity index (χ1) is 28.8. The number of carbonyl (C=O) groups excluding carboxylic acids is 2. The summed E-state index contributed by atoms with van der Waals surface area (Å²) in [6.45, 7) is 12.4. The molecule has 1 fully saturated rings.